The molecule has 4 fully saturated rings. The van der Waals surface area contributed by atoms with E-state index in [0.29, 0.717) is 30.1 Å². The van der Waals surface area contributed by atoms with Gasteiger partial charge in [0.05, 0.1) is 12.0 Å². The summed E-state index contributed by atoms with van der Waals surface area (Å²) in [6.45, 7) is 7.62. The van der Waals surface area contributed by atoms with Crippen LogP contribution in [0.4, 0.5) is 0 Å². The number of hydrogen-bond acceptors (Lipinski definition) is 4. The SMILES string of the molecule is C[C@@]12CC[C@@H]3[C@]4(CCC[C@]3(C)C(=O)OC4)[C@H]1CC[C@]1(C)Oc3ccc(O)cc3C[C@@H]21. The highest BCUT2D eigenvalue weighted by Gasteiger charge is 2.70. The number of cyclic esters (lactones) is 1. The van der Waals surface area contributed by atoms with Crippen molar-refractivity contribution >= 4 is 5.97 Å². The van der Waals surface area contributed by atoms with Crippen LogP contribution in [0.15, 0.2) is 18.2 Å². The van der Waals surface area contributed by atoms with Crippen molar-refractivity contribution in [1.82, 2.24) is 0 Å². The van der Waals surface area contributed by atoms with Crippen LogP contribution >= 0.6 is 0 Å². The smallest absolute Gasteiger partial charge is 0.312 e. The van der Waals surface area contributed by atoms with E-state index in [9.17, 15) is 9.90 Å². The number of carbonyl (C=O) groups excluding carboxylic acids is 1. The van der Waals surface area contributed by atoms with Gasteiger partial charge in [-0.15, -0.1) is 0 Å². The van der Waals surface area contributed by atoms with Gasteiger partial charge in [0.1, 0.15) is 17.1 Å². The van der Waals surface area contributed by atoms with Crippen molar-refractivity contribution in [3.8, 4) is 11.5 Å². The molecule has 2 heterocycles. The molecule has 4 nitrogen and oxygen atoms in total. The van der Waals surface area contributed by atoms with E-state index in [4.69, 9.17) is 9.47 Å². The van der Waals surface area contributed by atoms with Gasteiger partial charge in [-0.3, -0.25) is 4.79 Å². The highest BCUT2D eigenvalue weighted by molar-refractivity contribution is 5.78. The van der Waals surface area contributed by atoms with E-state index in [0.717, 1.165) is 56.3 Å². The zero-order valence-electron chi connectivity index (χ0n) is 18.5. The van der Waals surface area contributed by atoms with Gasteiger partial charge in [0.2, 0.25) is 0 Å². The van der Waals surface area contributed by atoms with Crippen molar-refractivity contribution in [2.24, 2.45) is 34.0 Å². The summed E-state index contributed by atoms with van der Waals surface area (Å²) in [4.78, 5) is 12.8. The summed E-state index contributed by atoms with van der Waals surface area (Å²) < 4.78 is 12.6. The second-order valence-electron chi connectivity index (χ2n) is 11.7. The fraction of sp³-hybridized carbons (Fsp3) is 0.731. The molecule has 1 N–H and O–H groups in total. The third kappa shape index (κ3) is 2.16. The standard InChI is InChI=1S/C26H34O4/c1-23-11-7-20-24(2)9-4-10-26(20,15-29-22(24)28)19(23)8-12-25(3)21(23)14-16-13-17(27)5-6-18(16)30-25/h5-6,13,19-21,27H,4,7-12,14-15H2,1-3H3/t19-,20-,21-,23+,24-,25-,26-/m0/s1. The van der Waals surface area contributed by atoms with Crippen LogP contribution < -0.4 is 4.74 Å². The molecule has 162 valence electrons. The highest BCUT2D eigenvalue weighted by Crippen LogP contribution is 2.72. The van der Waals surface area contributed by atoms with E-state index in [1.165, 1.54) is 6.42 Å². The summed E-state index contributed by atoms with van der Waals surface area (Å²) in [6, 6.07) is 5.56. The van der Waals surface area contributed by atoms with Crippen LogP contribution in [-0.4, -0.2) is 23.3 Å². The van der Waals surface area contributed by atoms with Crippen molar-refractivity contribution in [3.05, 3.63) is 23.8 Å². The van der Waals surface area contributed by atoms with Crippen LogP contribution in [0.3, 0.4) is 0 Å². The average molecular weight is 411 g/mol. The first kappa shape index (κ1) is 19.0. The summed E-state index contributed by atoms with van der Waals surface area (Å²) >= 11 is 0. The second-order valence-corrected chi connectivity index (χ2v) is 11.7. The molecular formula is C26H34O4. The van der Waals surface area contributed by atoms with Gasteiger partial charge < -0.3 is 14.6 Å². The molecule has 2 bridgehead atoms. The van der Waals surface area contributed by atoms with Crippen molar-refractivity contribution in [3.63, 3.8) is 0 Å². The Morgan fingerprint density at radius 3 is 2.63 bits per heavy atom. The first-order valence-electron chi connectivity index (χ1n) is 11.9. The lowest BCUT2D eigenvalue weighted by Gasteiger charge is -2.70. The van der Waals surface area contributed by atoms with Crippen molar-refractivity contribution in [2.75, 3.05) is 6.61 Å². The van der Waals surface area contributed by atoms with Gasteiger partial charge in [-0.2, -0.15) is 0 Å². The van der Waals surface area contributed by atoms with Crippen molar-refractivity contribution < 1.29 is 19.4 Å². The summed E-state index contributed by atoms with van der Waals surface area (Å²) in [5.41, 5.74) is 0.980. The predicted molar refractivity (Wildman–Crippen MR) is 113 cm³/mol. The Labute approximate surface area is 179 Å². The van der Waals surface area contributed by atoms with E-state index in [1.54, 1.807) is 6.07 Å². The minimum absolute atomic E-state index is 0.0532. The number of carbonyl (C=O) groups is 1. The quantitative estimate of drug-likeness (QED) is 0.593. The van der Waals surface area contributed by atoms with E-state index < -0.39 is 0 Å². The summed E-state index contributed by atoms with van der Waals surface area (Å²) in [5.74, 6) is 2.76. The highest BCUT2D eigenvalue weighted by atomic mass is 16.5. The molecule has 4 heteroatoms. The minimum atomic E-state index is -0.292. The van der Waals surface area contributed by atoms with Crippen LogP contribution in [-0.2, 0) is 16.0 Å². The van der Waals surface area contributed by atoms with Crippen LogP contribution in [0, 0.1) is 34.0 Å². The monoisotopic (exact) mass is 410 g/mol. The van der Waals surface area contributed by atoms with Gasteiger partial charge in [-0.1, -0.05) is 13.3 Å². The molecule has 0 amide bonds. The lowest BCUT2D eigenvalue weighted by molar-refractivity contribution is -0.255. The third-order valence-electron chi connectivity index (χ3n) is 10.5. The fourth-order valence-electron chi connectivity index (χ4n) is 9.16. The fourth-order valence-corrected chi connectivity index (χ4v) is 9.16. The molecular weight excluding hydrogens is 376 g/mol. The molecule has 3 saturated carbocycles. The van der Waals surface area contributed by atoms with Gasteiger partial charge in [0, 0.05) is 11.3 Å². The Kier molecular flexibility index (Phi) is 3.64. The van der Waals surface area contributed by atoms with Crippen LogP contribution in [0.2, 0.25) is 0 Å². The van der Waals surface area contributed by atoms with Crippen LogP contribution in [0.1, 0.15) is 71.3 Å². The van der Waals surface area contributed by atoms with E-state index in [2.05, 4.69) is 20.8 Å². The first-order valence-corrected chi connectivity index (χ1v) is 11.9. The molecule has 7 atom stereocenters. The first-order chi connectivity index (χ1) is 14.2. The van der Waals surface area contributed by atoms with Gasteiger partial charge in [-0.05, 0) is 99.8 Å². The number of rotatable bonds is 0. The number of aromatic hydroxyl groups is 1. The summed E-state index contributed by atoms with van der Waals surface area (Å²) in [7, 11) is 0. The minimum Gasteiger partial charge on any atom is -0.508 e. The number of hydrogen-bond donors (Lipinski definition) is 1. The van der Waals surface area contributed by atoms with E-state index in [-0.39, 0.29) is 27.8 Å². The van der Waals surface area contributed by atoms with Gasteiger partial charge in [-0.25, -0.2) is 0 Å². The molecule has 5 aliphatic rings. The molecule has 2 aliphatic heterocycles. The Balaban J connectivity index is 1.43. The third-order valence-corrected chi connectivity index (χ3v) is 10.5. The van der Waals surface area contributed by atoms with Crippen LogP contribution in [0.5, 0.6) is 11.5 Å². The Morgan fingerprint density at radius 1 is 1.00 bits per heavy atom. The molecule has 0 spiro atoms. The molecule has 30 heavy (non-hydrogen) atoms. The number of benzene rings is 1. The van der Waals surface area contributed by atoms with Gasteiger partial charge in [0.15, 0.2) is 0 Å². The topological polar surface area (TPSA) is 55.8 Å². The second kappa shape index (κ2) is 5.75. The maximum Gasteiger partial charge on any atom is 0.312 e. The number of phenolic OH excluding ortho intramolecular Hbond substituents is 1. The molecule has 1 aromatic carbocycles. The molecule has 6 rings (SSSR count). The molecule has 0 radical (unpaired) electrons. The Hall–Kier alpha value is -1.71. The maximum atomic E-state index is 12.8. The van der Waals surface area contributed by atoms with Crippen molar-refractivity contribution in [2.45, 2.75) is 77.7 Å². The van der Waals surface area contributed by atoms with Crippen LogP contribution in [0.25, 0.3) is 0 Å². The Bertz CT molecular complexity index is 926. The zero-order chi connectivity index (χ0) is 20.9. The number of phenols is 1. The molecule has 0 aromatic heterocycles. The van der Waals surface area contributed by atoms with E-state index in [1.807, 2.05) is 12.1 Å². The summed E-state index contributed by atoms with van der Waals surface area (Å²) in [6.07, 6.45) is 8.77. The Morgan fingerprint density at radius 2 is 1.80 bits per heavy atom. The van der Waals surface area contributed by atoms with Gasteiger partial charge >= 0.3 is 5.97 Å². The predicted octanol–water partition coefficient (Wildman–Crippen LogP) is 5.26. The lowest BCUT2D eigenvalue weighted by Crippen LogP contribution is -2.69. The molecule has 0 unspecified atom stereocenters. The molecule has 1 saturated heterocycles. The zero-order valence-corrected chi connectivity index (χ0v) is 18.5. The number of fused-ring (bicyclic) bond motifs is 4. The van der Waals surface area contributed by atoms with E-state index >= 15 is 0 Å². The maximum absolute atomic E-state index is 12.8. The largest absolute Gasteiger partial charge is 0.508 e. The normalized spacial score (nSPS) is 48.9. The van der Waals surface area contributed by atoms with Gasteiger partial charge in [0.25, 0.3) is 0 Å². The molecule has 3 aliphatic carbocycles. The summed E-state index contributed by atoms with van der Waals surface area (Å²) in [5, 5.41) is 10.1. The molecule has 1 aromatic rings. The number of esters is 1. The lowest BCUT2D eigenvalue weighted by atomic mass is 9.36. The number of ether oxygens (including phenoxy) is 2. The average Bonchev–Trinajstić information content (AvgIpc) is 2.70. The van der Waals surface area contributed by atoms with Crippen molar-refractivity contribution in [1.29, 1.82) is 0 Å².